The van der Waals surface area contributed by atoms with E-state index in [9.17, 15) is 9.59 Å². The number of hydrogen-bond acceptors (Lipinski definition) is 4. The third kappa shape index (κ3) is 4.04. The predicted molar refractivity (Wildman–Crippen MR) is 56.0 cm³/mol. The predicted octanol–water partition coefficient (Wildman–Crippen LogP) is 0.380. The SMILES string of the molecule is Cc1nccc(C(=O)NCCCC(=O)O)n1. The molecule has 16 heavy (non-hydrogen) atoms. The Hall–Kier alpha value is -1.98. The van der Waals surface area contributed by atoms with Gasteiger partial charge >= 0.3 is 5.97 Å². The first-order valence-electron chi connectivity index (χ1n) is 4.89. The largest absolute Gasteiger partial charge is 0.481 e. The summed E-state index contributed by atoms with van der Waals surface area (Å²) in [5.74, 6) is -0.652. The van der Waals surface area contributed by atoms with Gasteiger partial charge in [-0.15, -0.1) is 0 Å². The van der Waals surface area contributed by atoms with Gasteiger partial charge in [-0.2, -0.15) is 0 Å². The molecule has 6 nitrogen and oxygen atoms in total. The van der Waals surface area contributed by atoms with E-state index in [1.165, 1.54) is 12.3 Å². The second kappa shape index (κ2) is 5.79. The molecule has 0 saturated heterocycles. The fourth-order valence-electron chi connectivity index (χ4n) is 1.11. The number of rotatable bonds is 5. The molecule has 0 aliphatic carbocycles. The average Bonchev–Trinajstić information content (AvgIpc) is 2.24. The van der Waals surface area contributed by atoms with Crippen LogP contribution in [-0.4, -0.2) is 33.5 Å². The molecule has 0 fully saturated rings. The van der Waals surface area contributed by atoms with Gasteiger partial charge in [0.25, 0.3) is 5.91 Å². The maximum Gasteiger partial charge on any atom is 0.303 e. The van der Waals surface area contributed by atoms with Crippen molar-refractivity contribution >= 4 is 11.9 Å². The van der Waals surface area contributed by atoms with Crippen LogP contribution in [0.5, 0.6) is 0 Å². The average molecular weight is 223 g/mol. The van der Waals surface area contributed by atoms with Gasteiger partial charge in [0.15, 0.2) is 0 Å². The summed E-state index contributed by atoms with van der Waals surface area (Å²) in [6.07, 6.45) is 1.96. The minimum Gasteiger partial charge on any atom is -0.481 e. The third-order valence-electron chi connectivity index (χ3n) is 1.86. The highest BCUT2D eigenvalue weighted by Crippen LogP contribution is 1.95. The van der Waals surface area contributed by atoms with Gasteiger partial charge in [0.05, 0.1) is 0 Å². The minimum absolute atomic E-state index is 0.0447. The van der Waals surface area contributed by atoms with Gasteiger partial charge in [0.2, 0.25) is 0 Å². The van der Waals surface area contributed by atoms with E-state index in [1.807, 2.05) is 0 Å². The quantitative estimate of drug-likeness (QED) is 0.704. The monoisotopic (exact) mass is 223 g/mol. The first-order chi connectivity index (χ1) is 7.59. The summed E-state index contributed by atoms with van der Waals surface area (Å²) >= 11 is 0. The van der Waals surface area contributed by atoms with Crippen molar-refractivity contribution in [3.8, 4) is 0 Å². The van der Waals surface area contributed by atoms with Crippen LogP contribution in [0.15, 0.2) is 12.3 Å². The van der Waals surface area contributed by atoms with Gasteiger partial charge in [-0.05, 0) is 19.4 Å². The fraction of sp³-hybridized carbons (Fsp3) is 0.400. The van der Waals surface area contributed by atoms with Crippen LogP contribution in [0, 0.1) is 6.92 Å². The van der Waals surface area contributed by atoms with Crippen LogP contribution < -0.4 is 5.32 Å². The molecule has 1 aromatic heterocycles. The van der Waals surface area contributed by atoms with Gasteiger partial charge in [-0.1, -0.05) is 0 Å². The molecule has 86 valence electrons. The molecule has 1 rings (SSSR count). The summed E-state index contributed by atoms with van der Waals surface area (Å²) in [5.41, 5.74) is 0.294. The highest BCUT2D eigenvalue weighted by atomic mass is 16.4. The van der Waals surface area contributed by atoms with Crippen molar-refractivity contribution in [1.82, 2.24) is 15.3 Å². The van der Waals surface area contributed by atoms with Crippen molar-refractivity contribution in [3.05, 3.63) is 23.8 Å². The van der Waals surface area contributed by atoms with E-state index in [0.717, 1.165) is 0 Å². The number of amides is 1. The molecule has 0 radical (unpaired) electrons. The van der Waals surface area contributed by atoms with Gasteiger partial charge in [-0.25, -0.2) is 9.97 Å². The Balaban J connectivity index is 2.38. The third-order valence-corrected chi connectivity index (χ3v) is 1.86. The van der Waals surface area contributed by atoms with Crippen molar-refractivity contribution in [2.24, 2.45) is 0 Å². The molecule has 1 heterocycles. The van der Waals surface area contributed by atoms with Crippen LogP contribution in [0.3, 0.4) is 0 Å². The smallest absolute Gasteiger partial charge is 0.303 e. The van der Waals surface area contributed by atoms with Crippen molar-refractivity contribution in [2.45, 2.75) is 19.8 Å². The van der Waals surface area contributed by atoms with Gasteiger partial charge < -0.3 is 10.4 Å². The lowest BCUT2D eigenvalue weighted by molar-refractivity contribution is -0.137. The Morgan fingerprint density at radius 1 is 1.50 bits per heavy atom. The van der Waals surface area contributed by atoms with E-state index in [1.54, 1.807) is 6.92 Å². The van der Waals surface area contributed by atoms with Crippen molar-refractivity contribution in [1.29, 1.82) is 0 Å². The number of nitrogens with zero attached hydrogens (tertiary/aromatic N) is 2. The molecule has 0 saturated carbocycles. The number of aryl methyl sites for hydroxylation is 1. The van der Waals surface area contributed by atoms with Gasteiger partial charge in [0.1, 0.15) is 11.5 Å². The number of hydrogen-bond donors (Lipinski definition) is 2. The summed E-state index contributed by atoms with van der Waals surface area (Å²) in [7, 11) is 0. The second-order valence-electron chi connectivity index (χ2n) is 3.24. The standard InChI is InChI=1S/C10H13N3O3/c1-7-11-6-4-8(13-7)10(16)12-5-2-3-9(14)15/h4,6H,2-3,5H2,1H3,(H,12,16)(H,14,15). The normalized spacial score (nSPS) is 9.81. The van der Waals surface area contributed by atoms with E-state index in [-0.39, 0.29) is 12.3 Å². The number of carboxylic acids is 1. The topological polar surface area (TPSA) is 92.2 Å². The van der Waals surface area contributed by atoms with Crippen LogP contribution in [0.1, 0.15) is 29.2 Å². The molecule has 2 N–H and O–H groups in total. The molecule has 0 unspecified atom stereocenters. The molecule has 0 aliphatic heterocycles. The molecule has 0 atom stereocenters. The fourth-order valence-corrected chi connectivity index (χ4v) is 1.11. The number of carbonyl (C=O) groups is 2. The minimum atomic E-state index is -0.868. The van der Waals surface area contributed by atoms with Crippen LogP contribution in [0.4, 0.5) is 0 Å². The number of nitrogens with one attached hydrogen (secondary N) is 1. The van der Waals surface area contributed by atoms with E-state index in [4.69, 9.17) is 5.11 Å². The van der Waals surface area contributed by atoms with E-state index < -0.39 is 5.97 Å². The van der Waals surface area contributed by atoms with Crippen LogP contribution in [0.25, 0.3) is 0 Å². The Bertz CT molecular complexity index is 393. The van der Waals surface area contributed by atoms with E-state index in [0.29, 0.717) is 24.5 Å². The molecule has 0 bridgehead atoms. The highest BCUT2D eigenvalue weighted by molar-refractivity contribution is 5.92. The zero-order valence-electron chi connectivity index (χ0n) is 8.93. The highest BCUT2D eigenvalue weighted by Gasteiger charge is 2.06. The first-order valence-corrected chi connectivity index (χ1v) is 4.89. The van der Waals surface area contributed by atoms with Crippen LogP contribution >= 0.6 is 0 Å². The number of carboxylic acid groups (broad SMARTS) is 1. The number of aromatic nitrogens is 2. The molecule has 1 aromatic rings. The van der Waals surface area contributed by atoms with Gasteiger partial charge in [0, 0.05) is 19.2 Å². The van der Waals surface area contributed by atoms with Crippen LogP contribution in [-0.2, 0) is 4.79 Å². The Morgan fingerprint density at radius 3 is 2.88 bits per heavy atom. The number of aliphatic carboxylic acids is 1. The number of carbonyl (C=O) groups excluding carboxylic acids is 1. The maximum absolute atomic E-state index is 11.5. The Kier molecular flexibility index (Phi) is 4.38. The Labute approximate surface area is 92.7 Å². The summed E-state index contributed by atoms with van der Waals surface area (Å²) in [6.45, 7) is 2.02. The lowest BCUT2D eigenvalue weighted by Gasteiger charge is -2.03. The molecule has 1 amide bonds. The zero-order valence-corrected chi connectivity index (χ0v) is 8.93. The summed E-state index contributed by atoms with van der Waals surface area (Å²) in [6, 6.07) is 1.51. The molecule has 0 spiro atoms. The van der Waals surface area contributed by atoms with Crippen molar-refractivity contribution < 1.29 is 14.7 Å². The lowest BCUT2D eigenvalue weighted by atomic mass is 10.3. The summed E-state index contributed by atoms with van der Waals surface area (Å²) in [5, 5.41) is 11.0. The molecular formula is C10H13N3O3. The lowest BCUT2D eigenvalue weighted by Crippen LogP contribution is -2.26. The second-order valence-corrected chi connectivity index (χ2v) is 3.24. The molecule has 6 heteroatoms. The van der Waals surface area contributed by atoms with Crippen molar-refractivity contribution in [3.63, 3.8) is 0 Å². The van der Waals surface area contributed by atoms with Crippen molar-refractivity contribution in [2.75, 3.05) is 6.54 Å². The zero-order chi connectivity index (χ0) is 12.0. The first kappa shape index (κ1) is 12.1. The Morgan fingerprint density at radius 2 is 2.25 bits per heavy atom. The molecule has 0 aliphatic rings. The van der Waals surface area contributed by atoms with E-state index >= 15 is 0 Å². The maximum atomic E-state index is 11.5. The van der Waals surface area contributed by atoms with Gasteiger partial charge in [-0.3, -0.25) is 9.59 Å². The molecular weight excluding hydrogens is 210 g/mol. The van der Waals surface area contributed by atoms with E-state index in [2.05, 4.69) is 15.3 Å². The van der Waals surface area contributed by atoms with Crippen LogP contribution in [0.2, 0.25) is 0 Å². The summed E-state index contributed by atoms with van der Waals surface area (Å²) in [4.78, 5) is 29.5. The molecule has 0 aromatic carbocycles. The summed E-state index contributed by atoms with van der Waals surface area (Å²) < 4.78 is 0.